The molecule has 0 bridgehead atoms. The first-order chi connectivity index (χ1) is 31.7. The summed E-state index contributed by atoms with van der Waals surface area (Å²) in [6.45, 7) is 0. The van der Waals surface area contributed by atoms with E-state index in [2.05, 4.69) is 264 Å². The number of anilines is 3. The molecule has 0 saturated heterocycles. The van der Waals surface area contributed by atoms with E-state index >= 15 is 0 Å². The first-order valence-electron chi connectivity index (χ1n) is 22.0. The van der Waals surface area contributed by atoms with Gasteiger partial charge in [-0.25, -0.2) is 0 Å². The lowest BCUT2D eigenvalue weighted by atomic mass is 9.93. The Bertz CT molecular complexity index is 3580. The molecule has 12 aromatic rings. The van der Waals surface area contributed by atoms with Crippen molar-refractivity contribution in [1.29, 1.82) is 0 Å². The molecule has 0 radical (unpaired) electrons. The van der Waals surface area contributed by atoms with E-state index in [0.29, 0.717) is 0 Å². The van der Waals surface area contributed by atoms with Gasteiger partial charge in [-0.1, -0.05) is 188 Å². The molecule has 300 valence electrons. The molecule has 0 unspecified atom stereocenters. The zero-order valence-corrected chi connectivity index (χ0v) is 35.1. The summed E-state index contributed by atoms with van der Waals surface area (Å²) in [4.78, 5) is 2.38. The molecule has 1 heterocycles. The van der Waals surface area contributed by atoms with Gasteiger partial charge in [0.2, 0.25) is 0 Å². The molecule has 0 aliphatic heterocycles. The Balaban J connectivity index is 0.942. The Morgan fingerprint density at radius 3 is 1.34 bits per heavy atom. The molecule has 0 fully saturated rings. The molecule has 0 atom stereocenters. The molecule has 0 aliphatic carbocycles. The van der Waals surface area contributed by atoms with Crippen molar-refractivity contribution in [3.63, 3.8) is 0 Å². The standard InChI is InChI=1S/C62H42N2/c1-2-14-43(15-3-1)44-28-30-45(31-29-44)46-32-36-51(37-33-46)63(53-19-13-18-49(41-53)60-42-50-16-4-5-21-55(50)56-22-6-7-23-57(56)60)52-38-34-47(35-39-52)48-17-12-20-54(40-48)64-61-26-10-8-24-58(61)59-25-9-11-27-62(59)64/h1-42H. The summed E-state index contributed by atoms with van der Waals surface area (Å²) < 4.78 is 2.39. The van der Waals surface area contributed by atoms with Gasteiger partial charge in [0.05, 0.1) is 11.0 Å². The third-order valence-electron chi connectivity index (χ3n) is 12.8. The number of rotatable bonds is 8. The highest BCUT2D eigenvalue weighted by atomic mass is 15.1. The van der Waals surface area contributed by atoms with Crippen molar-refractivity contribution in [2.24, 2.45) is 0 Å². The third kappa shape index (κ3) is 6.61. The highest BCUT2D eigenvalue weighted by Gasteiger charge is 2.17. The maximum atomic E-state index is 2.39. The molecule has 0 spiro atoms. The first-order valence-corrected chi connectivity index (χ1v) is 22.0. The van der Waals surface area contributed by atoms with Crippen molar-refractivity contribution in [3.8, 4) is 50.2 Å². The maximum absolute atomic E-state index is 2.39. The fourth-order valence-electron chi connectivity index (χ4n) is 9.67. The van der Waals surface area contributed by atoms with Crippen LogP contribution in [0.1, 0.15) is 0 Å². The second kappa shape index (κ2) is 15.8. The zero-order chi connectivity index (χ0) is 42.4. The van der Waals surface area contributed by atoms with Gasteiger partial charge in [-0.15, -0.1) is 0 Å². The van der Waals surface area contributed by atoms with Crippen molar-refractivity contribution in [2.45, 2.75) is 0 Å². The number of aromatic nitrogens is 1. The number of para-hydroxylation sites is 2. The van der Waals surface area contributed by atoms with Gasteiger partial charge in [0.15, 0.2) is 0 Å². The van der Waals surface area contributed by atoms with Crippen LogP contribution in [-0.4, -0.2) is 4.57 Å². The van der Waals surface area contributed by atoms with Crippen LogP contribution in [0, 0.1) is 0 Å². The predicted molar refractivity (Wildman–Crippen MR) is 272 cm³/mol. The lowest BCUT2D eigenvalue weighted by molar-refractivity contribution is 1.18. The van der Waals surface area contributed by atoms with Crippen LogP contribution in [0.15, 0.2) is 255 Å². The van der Waals surface area contributed by atoms with Crippen LogP contribution < -0.4 is 4.90 Å². The lowest BCUT2D eigenvalue weighted by Gasteiger charge is -2.26. The number of hydrogen-bond acceptors (Lipinski definition) is 1. The molecule has 64 heavy (non-hydrogen) atoms. The van der Waals surface area contributed by atoms with Crippen LogP contribution in [0.3, 0.4) is 0 Å². The van der Waals surface area contributed by atoms with Crippen LogP contribution in [0.5, 0.6) is 0 Å². The molecule has 0 N–H and O–H groups in total. The van der Waals surface area contributed by atoms with E-state index in [4.69, 9.17) is 0 Å². The minimum atomic E-state index is 1.09. The minimum absolute atomic E-state index is 1.09. The smallest absolute Gasteiger partial charge is 0.0541 e. The molecular formula is C62H42N2. The molecule has 11 aromatic carbocycles. The molecule has 2 nitrogen and oxygen atoms in total. The molecular weight excluding hydrogens is 773 g/mol. The van der Waals surface area contributed by atoms with Crippen molar-refractivity contribution in [3.05, 3.63) is 255 Å². The van der Waals surface area contributed by atoms with Crippen LogP contribution in [0.2, 0.25) is 0 Å². The Hall–Kier alpha value is -8.46. The van der Waals surface area contributed by atoms with Crippen LogP contribution in [-0.2, 0) is 0 Å². The van der Waals surface area contributed by atoms with E-state index in [1.54, 1.807) is 0 Å². The number of nitrogens with zero attached hydrogens (tertiary/aromatic N) is 2. The second-order valence-electron chi connectivity index (χ2n) is 16.5. The third-order valence-corrected chi connectivity index (χ3v) is 12.8. The van der Waals surface area contributed by atoms with Crippen LogP contribution >= 0.6 is 0 Å². The molecule has 0 aliphatic rings. The number of benzene rings is 11. The summed E-state index contributed by atoms with van der Waals surface area (Å²) in [5, 5.41) is 7.56. The summed E-state index contributed by atoms with van der Waals surface area (Å²) >= 11 is 0. The fraction of sp³-hybridized carbons (Fsp3) is 0. The topological polar surface area (TPSA) is 8.17 Å². The van der Waals surface area contributed by atoms with Crippen LogP contribution in [0.25, 0.3) is 93.5 Å². The summed E-state index contributed by atoms with van der Waals surface area (Å²) in [5.74, 6) is 0. The van der Waals surface area contributed by atoms with E-state index in [1.165, 1.54) is 82.3 Å². The Morgan fingerprint density at radius 1 is 0.250 bits per heavy atom. The Kier molecular flexibility index (Phi) is 9.20. The SMILES string of the molecule is c1ccc(-c2ccc(-c3ccc(N(c4ccc(-c5cccc(-n6c7ccccc7c7ccccc76)c5)cc4)c4cccc(-c5cc6ccccc6c6ccccc56)c4)cc3)cc2)cc1. The average Bonchev–Trinajstić information content (AvgIpc) is 3.71. The molecule has 12 rings (SSSR count). The number of fused-ring (bicyclic) bond motifs is 6. The number of hydrogen-bond donors (Lipinski definition) is 0. The van der Waals surface area contributed by atoms with Gasteiger partial charge in [0.1, 0.15) is 0 Å². The average molecular weight is 815 g/mol. The second-order valence-corrected chi connectivity index (χ2v) is 16.5. The monoisotopic (exact) mass is 814 g/mol. The van der Waals surface area contributed by atoms with Crippen molar-refractivity contribution < 1.29 is 0 Å². The van der Waals surface area contributed by atoms with E-state index in [9.17, 15) is 0 Å². The van der Waals surface area contributed by atoms with E-state index < -0.39 is 0 Å². The van der Waals surface area contributed by atoms with Gasteiger partial charge < -0.3 is 9.47 Å². The van der Waals surface area contributed by atoms with Crippen molar-refractivity contribution >= 4 is 60.4 Å². The molecule has 0 saturated carbocycles. The summed E-state index contributed by atoms with van der Waals surface area (Å²) in [6, 6.07) is 92.6. The van der Waals surface area contributed by atoms with Gasteiger partial charge in [-0.05, 0) is 133 Å². The van der Waals surface area contributed by atoms with Crippen LogP contribution in [0.4, 0.5) is 17.1 Å². The molecule has 0 amide bonds. The zero-order valence-electron chi connectivity index (χ0n) is 35.1. The summed E-state index contributed by atoms with van der Waals surface area (Å²) in [5.41, 5.74) is 16.4. The lowest BCUT2D eigenvalue weighted by Crippen LogP contribution is -2.10. The first kappa shape index (κ1) is 37.3. The van der Waals surface area contributed by atoms with E-state index in [1.807, 2.05) is 0 Å². The Morgan fingerprint density at radius 2 is 0.703 bits per heavy atom. The van der Waals surface area contributed by atoms with Gasteiger partial charge in [0, 0.05) is 33.5 Å². The van der Waals surface area contributed by atoms with Crippen molar-refractivity contribution in [2.75, 3.05) is 4.90 Å². The van der Waals surface area contributed by atoms with Gasteiger partial charge in [-0.2, -0.15) is 0 Å². The van der Waals surface area contributed by atoms with E-state index in [0.717, 1.165) is 28.3 Å². The quantitative estimate of drug-likeness (QED) is 0.139. The fourth-order valence-corrected chi connectivity index (χ4v) is 9.67. The normalized spacial score (nSPS) is 11.4. The van der Waals surface area contributed by atoms with Gasteiger partial charge in [-0.3, -0.25) is 0 Å². The minimum Gasteiger partial charge on any atom is -0.310 e. The maximum Gasteiger partial charge on any atom is 0.0541 e. The summed E-state index contributed by atoms with van der Waals surface area (Å²) in [6.07, 6.45) is 0. The summed E-state index contributed by atoms with van der Waals surface area (Å²) in [7, 11) is 0. The molecule has 1 aromatic heterocycles. The van der Waals surface area contributed by atoms with Crippen molar-refractivity contribution in [1.82, 2.24) is 4.57 Å². The molecule has 2 heteroatoms. The highest BCUT2D eigenvalue weighted by molar-refractivity contribution is 6.14. The highest BCUT2D eigenvalue weighted by Crippen LogP contribution is 2.41. The Labute approximate surface area is 373 Å². The van der Waals surface area contributed by atoms with Gasteiger partial charge in [0.25, 0.3) is 0 Å². The predicted octanol–water partition coefficient (Wildman–Crippen LogP) is 17.2. The largest absolute Gasteiger partial charge is 0.310 e. The van der Waals surface area contributed by atoms with Gasteiger partial charge >= 0.3 is 0 Å². The van der Waals surface area contributed by atoms with E-state index in [-0.39, 0.29) is 0 Å².